The Morgan fingerprint density at radius 2 is 2.07 bits per heavy atom. The number of hydrogen-bond acceptors (Lipinski definition) is 4. The van der Waals surface area contributed by atoms with Gasteiger partial charge < -0.3 is 15.4 Å². The smallest absolute Gasteiger partial charge is 0.262 e. The van der Waals surface area contributed by atoms with Gasteiger partial charge in [-0.2, -0.15) is 0 Å². The molecule has 3 aromatic rings. The summed E-state index contributed by atoms with van der Waals surface area (Å²) < 4.78 is 5.35. The first kappa shape index (κ1) is 17.0. The third-order valence-corrected chi connectivity index (χ3v) is 4.67. The van der Waals surface area contributed by atoms with Crippen molar-refractivity contribution in [3.8, 4) is 5.75 Å². The van der Waals surface area contributed by atoms with Gasteiger partial charge in [0.1, 0.15) is 5.75 Å². The summed E-state index contributed by atoms with van der Waals surface area (Å²) in [5, 5.41) is 6.50. The van der Waals surface area contributed by atoms with Gasteiger partial charge in [-0.15, -0.1) is 0 Å². The van der Waals surface area contributed by atoms with E-state index >= 15 is 0 Å². The minimum absolute atomic E-state index is 0.000694. The number of carbonyl (C=O) groups is 2. The molecular formula is C21H19N3O3. The number of nitrogens with one attached hydrogen (secondary N) is 2. The molecule has 1 aromatic heterocycles. The van der Waals surface area contributed by atoms with Crippen LogP contribution in [0.15, 0.2) is 42.5 Å². The average Bonchev–Trinajstić information content (AvgIpc) is 2.67. The SMILES string of the molecule is CCc1nc2ccccc2c(C(=O)Nc2ccc3c(c2)NC(=O)CO3)c1C. The van der Waals surface area contributed by atoms with Gasteiger partial charge >= 0.3 is 0 Å². The highest BCUT2D eigenvalue weighted by atomic mass is 16.5. The molecule has 1 aliphatic heterocycles. The van der Waals surface area contributed by atoms with E-state index < -0.39 is 0 Å². The lowest BCUT2D eigenvalue weighted by atomic mass is 9.99. The van der Waals surface area contributed by atoms with Crippen LogP contribution in [-0.4, -0.2) is 23.4 Å². The molecule has 1 aliphatic rings. The topological polar surface area (TPSA) is 80.3 Å². The molecular weight excluding hydrogens is 342 g/mol. The lowest BCUT2D eigenvalue weighted by Crippen LogP contribution is -2.25. The summed E-state index contributed by atoms with van der Waals surface area (Å²) in [5.41, 5.74) is 4.34. The Bertz CT molecular complexity index is 1080. The number of nitrogens with zero attached hydrogens (tertiary/aromatic N) is 1. The number of hydrogen-bond donors (Lipinski definition) is 2. The Morgan fingerprint density at radius 1 is 1.26 bits per heavy atom. The van der Waals surface area contributed by atoms with E-state index in [9.17, 15) is 9.59 Å². The lowest BCUT2D eigenvalue weighted by molar-refractivity contribution is -0.118. The molecule has 6 heteroatoms. The lowest BCUT2D eigenvalue weighted by Gasteiger charge is -2.19. The van der Waals surface area contributed by atoms with Crippen molar-refractivity contribution in [2.75, 3.05) is 17.2 Å². The number of aromatic nitrogens is 1. The molecule has 0 aliphatic carbocycles. The van der Waals surface area contributed by atoms with Crippen molar-refractivity contribution in [2.45, 2.75) is 20.3 Å². The first-order valence-corrected chi connectivity index (χ1v) is 8.83. The summed E-state index contributed by atoms with van der Waals surface area (Å²) in [7, 11) is 0. The van der Waals surface area contributed by atoms with Gasteiger partial charge in [0.15, 0.2) is 6.61 Å². The Hall–Kier alpha value is -3.41. The highest BCUT2D eigenvalue weighted by Gasteiger charge is 2.19. The molecule has 2 amide bonds. The predicted octanol–water partition coefficient (Wildman–Crippen LogP) is 3.69. The van der Waals surface area contributed by atoms with Gasteiger partial charge in [0.2, 0.25) is 0 Å². The van der Waals surface area contributed by atoms with E-state index in [2.05, 4.69) is 15.6 Å². The van der Waals surface area contributed by atoms with E-state index in [4.69, 9.17) is 4.74 Å². The number of aryl methyl sites for hydroxylation is 1. The van der Waals surface area contributed by atoms with Crippen molar-refractivity contribution in [3.63, 3.8) is 0 Å². The largest absolute Gasteiger partial charge is 0.482 e. The second-order valence-corrected chi connectivity index (χ2v) is 6.43. The molecule has 4 rings (SSSR count). The van der Waals surface area contributed by atoms with Crippen molar-refractivity contribution >= 4 is 34.1 Å². The van der Waals surface area contributed by atoms with E-state index in [0.29, 0.717) is 22.7 Å². The number of para-hydroxylation sites is 1. The van der Waals surface area contributed by atoms with Crippen LogP contribution in [0.1, 0.15) is 28.5 Å². The van der Waals surface area contributed by atoms with Crippen molar-refractivity contribution in [2.24, 2.45) is 0 Å². The summed E-state index contributed by atoms with van der Waals surface area (Å²) in [6.45, 7) is 3.95. The molecule has 27 heavy (non-hydrogen) atoms. The van der Waals surface area contributed by atoms with Crippen LogP contribution < -0.4 is 15.4 Å². The standard InChI is InChI=1S/C21H19N3O3/c1-3-15-12(2)20(14-6-4-5-7-16(14)23-15)21(26)22-13-8-9-18-17(10-13)24-19(25)11-27-18/h4-10H,3,11H2,1-2H3,(H,22,26)(H,24,25). The minimum Gasteiger partial charge on any atom is -0.482 e. The Balaban J connectivity index is 1.73. The van der Waals surface area contributed by atoms with Gasteiger partial charge in [0.05, 0.1) is 16.8 Å². The zero-order valence-corrected chi connectivity index (χ0v) is 15.1. The van der Waals surface area contributed by atoms with Crippen LogP contribution in [0.3, 0.4) is 0 Å². The molecule has 0 atom stereocenters. The van der Waals surface area contributed by atoms with Crippen molar-refractivity contribution in [1.29, 1.82) is 0 Å². The predicted molar refractivity (Wildman–Crippen MR) is 104 cm³/mol. The van der Waals surface area contributed by atoms with Crippen LogP contribution >= 0.6 is 0 Å². The highest BCUT2D eigenvalue weighted by Crippen LogP contribution is 2.31. The van der Waals surface area contributed by atoms with Gasteiger partial charge in [0, 0.05) is 16.8 Å². The van der Waals surface area contributed by atoms with Crippen LogP contribution in [0.4, 0.5) is 11.4 Å². The fourth-order valence-corrected chi connectivity index (χ4v) is 3.35. The van der Waals surface area contributed by atoms with Gasteiger partial charge in [-0.05, 0) is 43.2 Å². The summed E-state index contributed by atoms with van der Waals surface area (Å²) in [6, 6.07) is 12.8. The van der Waals surface area contributed by atoms with Crippen LogP contribution in [0.2, 0.25) is 0 Å². The molecule has 0 spiro atoms. The molecule has 2 heterocycles. The van der Waals surface area contributed by atoms with Crippen LogP contribution in [0.5, 0.6) is 5.75 Å². The van der Waals surface area contributed by atoms with Crippen molar-refractivity contribution in [3.05, 3.63) is 59.3 Å². The molecule has 0 bridgehead atoms. The van der Waals surface area contributed by atoms with Gasteiger partial charge in [-0.3, -0.25) is 14.6 Å². The Morgan fingerprint density at radius 3 is 2.89 bits per heavy atom. The summed E-state index contributed by atoms with van der Waals surface area (Å²) in [4.78, 5) is 29.3. The maximum Gasteiger partial charge on any atom is 0.262 e. The van der Waals surface area contributed by atoms with Gasteiger partial charge in [-0.25, -0.2) is 0 Å². The molecule has 0 unspecified atom stereocenters. The second kappa shape index (κ2) is 6.72. The summed E-state index contributed by atoms with van der Waals surface area (Å²) in [6.07, 6.45) is 0.749. The van der Waals surface area contributed by atoms with Crippen LogP contribution in [-0.2, 0) is 11.2 Å². The van der Waals surface area contributed by atoms with E-state index in [-0.39, 0.29) is 18.4 Å². The molecule has 0 saturated carbocycles. The zero-order chi connectivity index (χ0) is 19.0. The van der Waals surface area contributed by atoms with E-state index in [1.807, 2.05) is 38.1 Å². The molecule has 6 nitrogen and oxygen atoms in total. The molecule has 2 N–H and O–H groups in total. The van der Waals surface area contributed by atoms with E-state index in [0.717, 1.165) is 28.6 Å². The molecule has 0 fully saturated rings. The number of carbonyl (C=O) groups excluding carboxylic acids is 2. The van der Waals surface area contributed by atoms with Crippen LogP contribution in [0.25, 0.3) is 10.9 Å². The third-order valence-electron chi connectivity index (χ3n) is 4.67. The molecule has 2 aromatic carbocycles. The fraction of sp³-hybridized carbons (Fsp3) is 0.190. The summed E-state index contributed by atoms with van der Waals surface area (Å²) in [5.74, 6) is 0.171. The second-order valence-electron chi connectivity index (χ2n) is 6.43. The minimum atomic E-state index is -0.213. The maximum absolute atomic E-state index is 13.1. The van der Waals surface area contributed by atoms with E-state index in [1.165, 1.54) is 0 Å². The third kappa shape index (κ3) is 3.10. The molecule has 136 valence electrons. The normalized spacial score (nSPS) is 12.9. The zero-order valence-electron chi connectivity index (χ0n) is 15.1. The summed E-state index contributed by atoms with van der Waals surface area (Å²) >= 11 is 0. The molecule has 0 radical (unpaired) electrons. The van der Waals surface area contributed by atoms with Crippen molar-refractivity contribution < 1.29 is 14.3 Å². The first-order valence-electron chi connectivity index (χ1n) is 8.83. The van der Waals surface area contributed by atoms with Crippen molar-refractivity contribution in [1.82, 2.24) is 4.98 Å². The molecule has 0 saturated heterocycles. The number of fused-ring (bicyclic) bond motifs is 2. The number of ether oxygens (including phenoxy) is 1. The fourth-order valence-electron chi connectivity index (χ4n) is 3.35. The number of benzene rings is 2. The number of amides is 2. The quantitative estimate of drug-likeness (QED) is 0.746. The first-order chi connectivity index (χ1) is 13.1. The number of rotatable bonds is 3. The van der Waals surface area contributed by atoms with E-state index in [1.54, 1.807) is 18.2 Å². The van der Waals surface area contributed by atoms with Gasteiger partial charge in [0.25, 0.3) is 11.8 Å². The monoisotopic (exact) mass is 361 g/mol. The Kier molecular flexibility index (Phi) is 4.24. The van der Waals surface area contributed by atoms with Gasteiger partial charge in [-0.1, -0.05) is 25.1 Å². The maximum atomic E-state index is 13.1. The number of pyridine rings is 1. The Labute approximate surface area is 156 Å². The average molecular weight is 361 g/mol. The van der Waals surface area contributed by atoms with Crippen LogP contribution in [0, 0.1) is 6.92 Å². The highest BCUT2D eigenvalue weighted by molar-refractivity contribution is 6.13. The number of anilines is 2.